The molecule has 0 nitrogen and oxygen atoms in total. The van der Waals surface area contributed by atoms with E-state index in [0.717, 1.165) is 5.57 Å². The summed E-state index contributed by atoms with van der Waals surface area (Å²) in [5.74, 6) is -10.6. The topological polar surface area (TPSA) is 0 Å². The lowest BCUT2D eigenvalue weighted by atomic mass is 9.86. The van der Waals surface area contributed by atoms with Crippen molar-refractivity contribution in [3.8, 4) is 0 Å². The molecule has 0 heterocycles. The molecule has 24 heavy (non-hydrogen) atoms. The van der Waals surface area contributed by atoms with Gasteiger partial charge in [0.15, 0.2) is 23.3 Å². The van der Waals surface area contributed by atoms with Gasteiger partial charge >= 0.3 is 0 Å². The van der Waals surface area contributed by atoms with E-state index in [0.29, 0.717) is 0 Å². The van der Waals surface area contributed by atoms with E-state index >= 15 is 0 Å². The standard InChI is InChI=1S/C19H19F5/c1-5-7-9-13(8-6-2)11(3)10-12(4)14-15(20)17(22)19(24)18(23)16(14)21/h5-9,11-12H,1-2,10H2,3-4H3/b9-7-,13-8+. The molecule has 1 aromatic rings. The lowest BCUT2D eigenvalue weighted by Gasteiger charge is -2.20. The first-order chi connectivity index (χ1) is 11.3. The third-order valence-electron chi connectivity index (χ3n) is 3.75. The zero-order valence-electron chi connectivity index (χ0n) is 13.6. The molecule has 1 aromatic carbocycles. The first kappa shape index (κ1) is 19.9. The average Bonchev–Trinajstić information content (AvgIpc) is 2.55. The Morgan fingerprint density at radius 2 is 1.38 bits per heavy atom. The second-order valence-corrected chi connectivity index (χ2v) is 5.52. The molecule has 5 heteroatoms. The Balaban J connectivity index is 3.18. The normalized spacial score (nSPS) is 14.7. The van der Waals surface area contributed by atoms with Crippen LogP contribution in [0.15, 0.2) is 49.1 Å². The maximum atomic E-state index is 13.9. The maximum absolute atomic E-state index is 13.9. The van der Waals surface area contributed by atoms with E-state index in [2.05, 4.69) is 13.2 Å². The summed E-state index contributed by atoms with van der Waals surface area (Å²) in [4.78, 5) is 0. The molecule has 0 spiro atoms. The van der Waals surface area contributed by atoms with E-state index in [9.17, 15) is 22.0 Å². The summed E-state index contributed by atoms with van der Waals surface area (Å²) in [5, 5.41) is 0. The third kappa shape index (κ3) is 4.22. The molecular formula is C19H19F5. The van der Waals surface area contributed by atoms with Gasteiger partial charge < -0.3 is 0 Å². The highest BCUT2D eigenvalue weighted by Gasteiger charge is 2.29. The number of hydrogen-bond acceptors (Lipinski definition) is 0. The van der Waals surface area contributed by atoms with Crippen LogP contribution in [-0.2, 0) is 0 Å². The Bertz CT molecular complexity index is 656. The minimum absolute atomic E-state index is 0.191. The first-order valence-electron chi connectivity index (χ1n) is 7.39. The highest BCUT2D eigenvalue weighted by atomic mass is 19.2. The van der Waals surface area contributed by atoms with E-state index < -0.39 is 40.6 Å². The summed E-state index contributed by atoms with van der Waals surface area (Å²) in [6.45, 7) is 10.4. The van der Waals surface area contributed by atoms with Gasteiger partial charge in [0.2, 0.25) is 5.82 Å². The molecule has 1 rings (SSSR count). The summed E-state index contributed by atoms with van der Waals surface area (Å²) in [5.41, 5.74) is 0.0181. The van der Waals surface area contributed by atoms with Crippen LogP contribution in [0.3, 0.4) is 0 Å². The van der Waals surface area contributed by atoms with Crippen molar-refractivity contribution in [2.24, 2.45) is 5.92 Å². The fourth-order valence-corrected chi connectivity index (χ4v) is 2.54. The summed E-state index contributed by atoms with van der Waals surface area (Å²) in [7, 11) is 0. The van der Waals surface area contributed by atoms with Crippen molar-refractivity contribution in [3.05, 3.63) is 83.8 Å². The second-order valence-electron chi connectivity index (χ2n) is 5.52. The Kier molecular flexibility index (Phi) is 7.14. The van der Waals surface area contributed by atoms with Crippen LogP contribution >= 0.6 is 0 Å². The lowest BCUT2D eigenvalue weighted by Crippen LogP contribution is -2.12. The van der Waals surface area contributed by atoms with Crippen LogP contribution in [-0.4, -0.2) is 0 Å². The van der Waals surface area contributed by atoms with Crippen LogP contribution in [0.1, 0.15) is 31.7 Å². The molecule has 2 atom stereocenters. The monoisotopic (exact) mass is 342 g/mol. The molecule has 0 N–H and O–H groups in total. The van der Waals surface area contributed by atoms with Gasteiger partial charge in [-0.05, 0) is 23.8 Å². The molecule has 130 valence electrons. The maximum Gasteiger partial charge on any atom is 0.200 e. The minimum Gasteiger partial charge on any atom is -0.203 e. The van der Waals surface area contributed by atoms with Gasteiger partial charge in [-0.3, -0.25) is 0 Å². The molecule has 0 bridgehead atoms. The molecule has 0 amide bonds. The smallest absolute Gasteiger partial charge is 0.200 e. The SMILES string of the molecule is C=C/C=C\C(=C/C=C)C(C)CC(C)c1c(F)c(F)c(F)c(F)c1F. The first-order valence-corrected chi connectivity index (χ1v) is 7.39. The van der Waals surface area contributed by atoms with Crippen molar-refractivity contribution >= 4 is 0 Å². The minimum atomic E-state index is -2.14. The number of rotatable bonds is 7. The van der Waals surface area contributed by atoms with Crippen molar-refractivity contribution in [1.29, 1.82) is 0 Å². The highest BCUT2D eigenvalue weighted by Crippen LogP contribution is 2.34. The molecular weight excluding hydrogens is 323 g/mol. The van der Waals surface area contributed by atoms with Crippen LogP contribution in [0.5, 0.6) is 0 Å². The van der Waals surface area contributed by atoms with E-state index in [1.54, 1.807) is 37.3 Å². The molecule has 0 saturated heterocycles. The number of benzene rings is 1. The Labute approximate surface area is 138 Å². The molecule has 0 aliphatic heterocycles. The van der Waals surface area contributed by atoms with Crippen molar-refractivity contribution in [1.82, 2.24) is 0 Å². The Morgan fingerprint density at radius 3 is 1.83 bits per heavy atom. The fourth-order valence-electron chi connectivity index (χ4n) is 2.54. The lowest BCUT2D eigenvalue weighted by molar-refractivity contribution is 0.360. The molecule has 0 fully saturated rings. The molecule has 0 aromatic heterocycles. The molecule has 0 aliphatic rings. The van der Waals surface area contributed by atoms with Crippen LogP contribution in [0.2, 0.25) is 0 Å². The molecule has 2 unspecified atom stereocenters. The Morgan fingerprint density at radius 1 is 0.875 bits per heavy atom. The summed E-state index contributed by atoms with van der Waals surface area (Å²) < 4.78 is 67.6. The average molecular weight is 342 g/mol. The molecule has 0 aliphatic carbocycles. The van der Waals surface area contributed by atoms with Crippen molar-refractivity contribution in [2.75, 3.05) is 0 Å². The molecule has 0 saturated carbocycles. The van der Waals surface area contributed by atoms with Gasteiger partial charge in [-0.2, -0.15) is 0 Å². The van der Waals surface area contributed by atoms with Crippen LogP contribution < -0.4 is 0 Å². The zero-order valence-corrected chi connectivity index (χ0v) is 13.6. The van der Waals surface area contributed by atoms with Gasteiger partial charge in [-0.15, -0.1) is 0 Å². The van der Waals surface area contributed by atoms with Crippen molar-refractivity contribution in [3.63, 3.8) is 0 Å². The fraction of sp³-hybridized carbons (Fsp3) is 0.263. The van der Waals surface area contributed by atoms with E-state index in [1.165, 1.54) is 6.92 Å². The summed E-state index contributed by atoms with van der Waals surface area (Å²) in [6, 6.07) is 0. The largest absolute Gasteiger partial charge is 0.203 e. The van der Waals surface area contributed by atoms with Crippen LogP contribution in [0.4, 0.5) is 22.0 Å². The third-order valence-corrected chi connectivity index (χ3v) is 3.75. The second kappa shape index (κ2) is 8.62. The van der Waals surface area contributed by atoms with E-state index in [-0.39, 0.29) is 12.3 Å². The zero-order chi connectivity index (χ0) is 18.4. The van der Waals surface area contributed by atoms with Gasteiger partial charge in [-0.1, -0.05) is 57.4 Å². The highest BCUT2D eigenvalue weighted by molar-refractivity contribution is 5.30. The number of hydrogen-bond donors (Lipinski definition) is 0. The van der Waals surface area contributed by atoms with Crippen LogP contribution in [0.25, 0.3) is 0 Å². The van der Waals surface area contributed by atoms with Gasteiger partial charge in [0.1, 0.15) is 0 Å². The molecule has 0 radical (unpaired) electrons. The quantitative estimate of drug-likeness (QED) is 0.234. The Hall–Kier alpha value is -2.17. The van der Waals surface area contributed by atoms with Crippen LogP contribution in [0, 0.1) is 35.0 Å². The number of allylic oxidation sites excluding steroid dienone is 6. The van der Waals surface area contributed by atoms with Crippen molar-refractivity contribution < 1.29 is 22.0 Å². The van der Waals surface area contributed by atoms with Gasteiger partial charge in [-0.25, -0.2) is 22.0 Å². The van der Waals surface area contributed by atoms with Gasteiger partial charge in [0.05, 0.1) is 0 Å². The predicted molar refractivity (Wildman–Crippen MR) is 86.0 cm³/mol. The van der Waals surface area contributed by atoms with E-state index in [4.69, 9.17) is 0 Å². The summed E-state index contributed by atoms with van der Waals surface area (Å²) in [6.07, 6.45) is 8.48. The van der Waals surface area contributed by atoms with Gasteiger partial charge in [0.25, 0.3) is 0 Å². The predicted octanol–water partition coefficient (Wildman–Crippen LogP) is 6.37. The number of halogens is 5. The van der Waals surface area contributed by atoms with E-state index in [1.807, 2.05) is 0 Å². The van der Waals surface area contributed by atoms with Crippen molar-refractivity contribution in [2.45, 2.75) is 26.2 Å². The summed E-state index contributed by atoms with van der Waals surface area (Å²) >= 11 is 0. The van der Waals surface area contributed by atoms with Gasteiger partial charge in [0, 0.05) is 5.56 Å².